The van der Waals surface area contributed by atoms with Gasteiger partial charge in [-0.15, -0.1) is 0 Å². The molecule has 0 radical (unpaired) electrons. The molecule has 4 nitrogen and oxygen atoms in total. The van der Waals surface area contributed by atoms with Gasteiger partial charge in [0.05, 0.1) is 0 Å². The maximum absolute atomic E-state index is 11.3. The van der Waals surface area contributed by atoms with E-state index in [-0.39, 0.29) is 14.7 Å². The lowest BCUT2D eigenvalue weighted by molar-refractivity contribution is -0.120. The summed E-state index contributed by atoms with van der Waals surface area (Å²) in [4.78, 5) is 22.3. The predicted molar refractivity (Wildman–Crippen MR) is 83.0 cm³/mol. The highest BCUT2D eigenvalue weighted by atomic mass is 16.2. The molecule has 0 atom stereocenters. The molecule has 0 saturated carbocycles. The van der Waals surface area contributed by atoms with Gasteiger partial charge in [0.15, 0.2) is 0 Å². The Kier molecular flexibility index (Phi) is 10.9. The van der Waals surface area contributed by atoms with Gasteiger partial charge in [-0.1, -0.05) is 39.7 Å². The molecular formula is C15H32N2O2. The van der Waals surface area contributed by atoms with Crippen LogP contribution in [0.2, 0.25) is 0 Å². The third-order valence-electron chi connectivity index (χ3n) is 2.68. The van der Waals surface area contributed by atoms with Gasteiger partial charge in [-0.25, -0.2) is 0 Å². The largest absolute Gasteiger partial charge is 0.356 e. The fourth-order valence-electron chi connectivity index (χ4n) is 1.51. The molecule has 19 heavy (non-hydrogen) atoms. The van der Waals surface area contributed by atoms with Gasteiger partial charge in [0, 0.05) is 22.4 Å². The topological polar surface area (TPSA) is 58.2 Å². The molecule has 2 N–H and O–H groups in total. The molecule has 0 fully saturated rings. The molecule has 0 heterocycles. The zero-order chi connectivity index (χ0) is 14.5. The van der Waals surface area contributed by atoms with Gasteiger partial charge in [0.2, 0.25) is 11.8 Å². The lowest BCUT2D eigenvalue weighted by atomic mass is 10.2. The summed E-state index contributed by atoms with van der Waals surface area (Å²) >= 11 is 0. The van der Waals surface area contributed by atoms with Crippen molar-refractivity contribution in [2.24, 2.45) is 5.92 Å². The van der Waals surface area contributed by atoms with Gasteiger partial charge in [-0.05, 0) is 24.8 Å². The third-order valence-corrected chi connectivity index (χ3v) is 2.68. The van der Waals surface area contributed by atoms with E-state index in [4.69, 9.17) is 0 Å². The van der Waals surface area contributed by atoms with Gasteiger partial charge in [-0.2, -0.15) is 0 Å². The summed E-state index contributed by atoms with van der Waals surface area (Å²) in [6.07, 6.45) is 8.21. The molecule has 0 aromatic carbocycles. The average Bonchev–Trinajstić information content (AvgIpc) is 2.38. The number of hydrogen-bond donors (Lipinski definition) is 2. The van der Waals surface area contributed by atoms with Crippen LogP contribution in [-0.2, 0) is 9.59 Å². The van der Waals surface area contributed by atoms with Crippen molar-refractivity contribution in [2.75, 3.05) is 13.1 Å². The van der Waals surface area contributed by atoms with Gasteiger partial charge in [0.25, 0.3) is 0 Å². The summed E-state index contributed by atoms with van der Waals surface area (Å²) in [6.45, 7) is 7.42. The number of amides is 2. The minimum atomic E-state index is -0.0103. The van der Waals surface area contributed by atoms with Crippen LogP contribution in [0.25, 0.3) is 0 Å². The molecular weight excluding hydrogens is 240 g/mol. The number of rotatable bonds is 10. The normalized spacial score (nSPS) is 10.9. The molecule has 0 aliphatic heterocycles. The van der Waals surface area contributed by atoms with Crippen molar-refractivity contribution in [3.05, 3.63) is 12.2 Å². The van der Waals surface area contributed by atoms with Gasteiger partial charge in [0.1, 0.15) is 0 Å². The minimum absolute atomic E-state index is 0. The van der Waals surface area contributed by atoms with E-state index in [0.717, 1.165) is 38.8 Å². The summed E-state index contributed by atoms with van der Waals surface area (Å²) in [6, 6.07) is 0. The summed E-state index contributed by atoms with van der Waals surface area (Å²) in [5.41, 5.74) is 0. The van der Waals surface area contributed by atoms with E-state index in [1.807, 2.05) is 26.8 Å². The Morgan fingerprint density at radius 2 is 1.63 bits per heavy atom. The van der Waals surface area contributed by atoms with Crippen LogP contribution in [0, 0.1) is 5.92 Å². The molecule has 114 valence electrons. The van der Waals surface area contributed by atoms with Crippen LogP contribution < -0.4 is 10.6 Å². The molecule has 4 heteroatoms. The molecule has 0 spiro atoms. The van der Waals surface area contributed by atoms with Crippen LogP contribution in [0.15, 0.2) is 12.2 Å². The van der Waals surface area contributed by atoms with E-state index in [9.17, 15) is 9.59 Å². The Balaban J connectivity index is -0.00000162. The van der Waals surface area contributed by atoms with Crippen molar-refractivity contribution in [3.63, 3.8) is 0 Å². The van der Waals surface area contributed by atoms with E-state index in [1.54, 1.807) is 6.08 Å². The smallest absolute Gasteiger partial charge is 0.243 e. The SMILES string of the molecule is CCC(=O)NCCCCCCNC(=O)/C=C/C(C)C.[HH].[HH]. The van der Waals surface area contributed by atoms with E-state index in [2.05, 4.69) is 10.6 Å². The second-order valence-electron chi connectivity index (χ2n) is 5.01. The second kappa shape index (κ2) is 11.8. The van der Waals surface area contributed by atoms with E-state index in [1.165, 1.54) is 0 Å². The highest BCUT2D eigenvalue weighted by Gasteiger charge is 1.97. The Morgan fingerprint density at radius 3 is 2.16 bits per heavy atom. The molecule has 0 aromatic rings. The number of allylic oxidation sites excluding steroid dienone is 1. The Bertz CT molecular complexity index is 295. The summed E-state index contributed by atoms with van der Waals surface area (Å²) in [5, 5.41) is 5.71. The molecule has 0 bridgehead atoms. The van der Waals surface area contributed by atoms with E-state index < -0.39 is 0 Å². The van der Waals surface area contributed by atoms with Gasteiger partial charge < -0.3 is 10.6 Å². The molecule has 0 aliphatic rings. The second-order valence-corrected chi connectivity index (χ2v) is 5.01. The fraction of sp³-hybridized carbons (Fsp3) is 0.733. The van der Waals surface area contributed by atoms with Crippen LogP contribution in [0.1, 0.15) is 55.7 Å². The summed E-state index contributed by atoms with van der Waals surface area (Å²) < 4.78 is 0. The van der Waals surface area contributed by atoms with Crippen molar-refractivity contribution < 1.29 is 12.4 Å². The van der Waals surface area contributed by atoms with Crippen LogP contribution in [0.3, 0.4) is 0 Å². The predicted octanol–water partition coefficient (Wildman–Crippen LogP) is 2.89. The molecule has 0 saturated heterocycles. The minimum Gasteiger partial charge on any atom is -0.356 e. The Hall–Kier alpha value is -1.32. The van der Waals surface area contributed by atoms with Crippen molar-refractivity contribution in [1.29, 1.82) is 0 Å². The zero-order valence-electron chi connectivity index (χ0n) is 12.5. The first-order valence-corrected chi connectivity index (χ1v) is 7.29. The average molecular weight is 272 g/mol. The van der Waals surface area contributed by atoms with Crippen molar-refractivity contribution in [3.8, 4) is 0 Å². The number of hydrogen-bond acceptors (Lipinski definition) is 2. The number of carbonyl (C=O) groups excluding carboxylic acids is 2. The van der Waals surface area contributed by atoms with E-state index in [0.29, 0.717) is 12.3 Å². The van der Waals surface area contributed by atoms with Crippen molar-refractivity contribution >= 4 is 11.8 Å². The molecule has 0 unspecified atom stereocenters. The first kappa shape index (κ1) is 17.7. The van der Waals surface area contributed by atoms with Crippen LogP contribution >= 0.6 is 0 Å². The zero-order valence-corrected chi connectivity index (χ0v) is 12.5. The Morgan fingerprint density at radius 1 is 1.05 bits per heavy atom. The quantitative estimate of drug-likeness (QED) is 0.474. The Labute approximate surface area is 120 Å². The highest BCUT2D eigenvalue weighted by molar-refractivity contribution is 5.87. The molecule has 0 aromatic heterocycles. The van der Waals surface area contributed by atoms with Crippen molar-refractivity contribution in [1.82, 2.24) is 10.6 Å². The molecule has 2 amide bonds. The fourth-order valence-corrected chi connectivity index (χ4v) is 1.51. The summed E-state index contributed by atoms with van der Waals surface area (Å²) in [5.74, 6) is 0.511. The van der Waals surface area contributed by atoms with Gasteiger partial charge >= 0.3 is 0 Å². The number of nitrogens with one attached hydrogen (secondary N) is 2. The number of carbonyl (C=O) groups is 2. The number of unbranched alkanes of at least 4 members (excludes halogenated alkanes) is 3. The summed E-state index contributed by atoms with van der Waals surface area (Å²) in [7, 11) is 0. The first-order chi connectivity index (χ1) is 9.06. The lowest BCUT2D eigenvalue weighted by Gasteiger charge is -2.04. The molecule has 0 aliphatic carbocycles. The van der Waals surface area contributed by atoms with Crippen LogP contribution in [0.5, 0.6) is 0 Å². The van der Waals surface area contributed by atoms with E-state index >= 15 is 0 Å². The highest BCUT2D eigenvalue weighted by Crippen LogP contribution is 1.98. The monoisotopic (exact) mass is 272 g/mol. The first-order valence-electron chi connectivity index (χ1n) is 7.29. The maximum Gasteiger partial charge on any atom is 0.243 e. The van der Waals surface area contributed by atoms with Crippen molar-refractivity contribution in [2.45, 2.75) is 52.9 Å². The van der Waals surface area contributed by atoms with Crippen LogP contribution in [-0.4, -0.2) is 24.9 Å². The third kappa shape index (κ3) is 12.9. The standard InChI is InChI=1S/C15H28N2O2.2H2/c1-4-14(18)16-11-7-5-6-8-12-17-15(19)10-9-13(2)3;;/h9-10,13H,4-8,11-12H2,1-3H3,(H,16,18)(H,17,19);2*1H/b10-9+;;. The van der Waals surface area contributed by atoms with Crippen LogP contribution in [0.4, 0.5) is 0 Å². The molecule has 0 rings (SSSR count). The maximum atomic E-state index is 11.3. The lowest BCUT2D eigenvalue weighted by Crippen LogP contribution is -2.23. The van der Waals surface area contributed by atoms with Gasteiger partial charge in [-0.3, -0.25) is 9.59 Å².